The molecule has 1 rings (SSSR count). The molecular weight excluding hydrogens is 286 g/mol. The van der Waals surface area contributed by atoms with Crippen LogP contribution in [0.2, 0.25) is 0 Å². The molecule has 1 fully saturated rings. The minimum absolute atomic E-state index is 0.247. The van der Waals surface area contributed by atoms with Crippen LogP contribution in [-0.4, -0.2) is 88.6 Å². The third kappa shape index (κ3) is 9.36. The minimum atomic E-state index is 0.247. The fraction of sp³-hybridized carbons (Fsp3) is 0.875. The first kappa shape index (κ1) is 19.4. The van der Waals surface area contributed by atoms with E-state index in [9.17, 15) is 5.11 Å². The second kappa shape index (κ2) is 13.9. The molecule has 0 aliphatic carbocycles. The van der Waals surface area contributed by atoms with Gasteiger partial charge in [-0.1, -0.05) is 5.92 Å². The number of hydrogen-bond donors (Lipinski definition) is 1. The summed E-state index contributed by atoms with van der Waals surface area (Å²) in [5, 5.41) is 9.21. The summed E-state index contributed by atoms with van der Waals surface area (Å²) in [6, 6.07) is 0.321. The maximum absolute atomic E-state index is 9.21. The zero-order valence-electron chi connectivity index (χ0n) is 13.4. The molecule has 0 aromatic heterocycles. The zero-order valence-corrected chi connectivity index (χ0v) is 13.4. The van der Waals surface area contributed by atoms with Gasteiger partial charge >= 0.3 is 0 Å². The van der Waals surface area contributed by atoms with Crippen LogP contribution in [0.5, 0.6) is 0 Å². The van der Waals surface area contributed by atoms with E-state index in [0.29, 0.717) is 58.9 Å². The Morgan fingerprint density at radius 2 is 1.55 bits per heavy atom. The lowest BCUT2D eigenvalue weighted by Crippen LogP contribution is -2.35. The average molecular weight is 315 g/mol. The van der Waals surface area contributed by atoms with Gasteiger partial charge in [0.25, 0.3) is 0 Å². The van der Waals surface area contributed by atoms with Crippen molar-refractivity contribution in [2.24, 2.45) is 0 Å². The van der Waals surface area contributed by atoms with Crippen LogP contribution in [0, 0.1) is 12.3 Å². The Labute approximate surface area is 133 Å². The van der Waals surface area contributed by atoms with Gasteiger partial charge in [0.2, 0.25) is 0 Å². The molecule has 1 atom stereocenters. The van der Waals surface area contributed by atoms with Crippen molar-refractivity contribution in [1.29, 1.82) is 0 Å². The third-order valence-electron chi connectivity index (χ3n) is 3.53. The Morgan fingerprint density at radius 1 is 0.955 bits per heavy atom. The Bertz CT molecular complexity index is 295. The molecule has 0 aromatic carbocycles. The number of ether oxygens (including phenoxy) is 4. The highest BCUT2D eigenvalue weighted by molar-refractivity contribution is 4.82. The largest absolute Gasteiger partial charge is 0.395 e. The molecule has 0 aromatic rings. The molecule has 0 amide bonds. The van der Waals surface area contributed by atoms with Gasteiger partial charge in [0.1, 0.15) is 6.61 Å². The quantitative estimate of drug-likeness (QED) is 0.363. The lowest BCUT2D eigenvalue weighted by Gasteiger charge is -2.22. The Balaban J connectivity index is 1.76. The minimum Gasteiger partial charge on any atom is -0.395 e. The lowest BCUT2D eigenvalue weighted by molar-refractivity contribution is -0.00208. The van der Waals surface area contributed by atoms with Gasteiger partial charge in [0, 0.05) is 12.6 Å². The highest BCUT2D eigenvalue weighted by Gasteiger charge is 2.22. The number of rotatable bonds is 14. The van der Waals surface area contributed by atoms with Crippen molar-refractivity contribution < 1.29 is 24.1 Å². The first-order chi connectivity index (χ1) is 10.9. The van der Waals surface area contributed by atoms with Crippen LogP contribution in [-0.2, 0) is 18.9 Å². The molecule has 22 heavy (non-hydrogen) atoms. The molecule has 6 nitrogen and oxygen atoms in total. The Hall–Kier alpha value is -0.680. The van der Waals surface area contributed by atoms with E-state index >= 15 is 0 Å². The molecular formula is C16H29NO5. The highest BCUT2D eigenvalue weighted by atomic mass is 16.6. The highest BCUT2D eigenvalue weighted by Crippen LogP contribution is 2.15. The van der Waals surface area contributed by atoms with E-state index in [-0.39, 0.29) is 6.61 Å². The average Bonchev–Trinajstić information content (AvgIpc) is 2.99. The van der Waals surface area contributed by atoms with Crippen LogP contribution >= 0.6 is 0 Å². The summed E-state index contributed by atoms with van der Waals surface area (Å²) in [6.45, 7) is 6.50. The number of aliphatic hydroxyl groups is 1. The molecule has 1 heterocycles. The predicted octanol–water partition coefficient (Wildman–Crippen LogP) is 0.143. The fourth-order valence-corrected chi connectivity index (χ4v) is 2.37. The van der Waals surface area contributed by atoms with Crippen molar-refractivity contribution in [3.63, 3.8) is 0 Å². The van der Waals surface area contributed by atoms with Crippen molar-refractivity contribution >= 4 is 0 Å². The summed E-state index contributed by atoms with van der Waals surface area (Å²) in [6.07, 6.45) is 7.31. The lowest BCUT2D eigenvalue weighted by atomic mass is 10.2. The van der Waals surface area contributed by atoms with E-state index in [0.717, 1.165) is 19.5 Å². The molecule has 6 heteroatoms. The number of aliphatic hydroxyl groups excluding tert-OH is 1. The number of nitrogens with zero attached hydrogens (tertiary/aromatic N) is 1. The van der Waals surface area contributed by atoms with E-state index in [1.807, 2.05) is 0 Å². The van der Waals surface area contributed by atoms with Crippen molar-refractivity contribution in [3.8, 4) is 12.3 Å². The van der Waals surface area contributed by atoms with Crippen molar-refractivity contribution in [2.45, 2.75) is 18.9 Å². The van der Waals surface area contributed by atoms with Crippen LogP contribution in [0.1, 0.15) is 12.8 Å². The van der Waals surface area contributed by atoms with Gasteiger partial charge in [-0.3, -0.25) is 4.90 Å². The summed E-state index contributed by atoms with van der Waals surface area (Å²) in [5.41, 5.74) is 0. The molecule has 0 saturated carbocycles. The zero-order chi connectivity index (χ0) is 15.9. The molecule has 1 saturated heterocycles. The van der Waals surface area contributed by atoms with E-state index in [4.69, 9.17) is 25.4 Å². The normalized spacial score (nSPS) is 18.6. The van der Waals surface area contributed by atoms with Crippen molar-refractivity contribution in [3.05, 3.63) is 0 Å². The molecule has 1 aliphatic heterocycles. The van der Waals surface area contributed by atoms with Gasteiger partial charge in [-0.2, -0.15) is 0 Å². The summed E-state index contributed by atoms with van der Waals surface area (Å²) < 4.78 is 21.3. The number of terminal acetylenes is 1. The first-order valence-electron chi connectivity index (χ1n) is 7.98. The van der Waals surface area contributed by atoms with Crippen molar-refractivity contribution in [1.82, 2.24) is 4.90 Å². The van der Waals surface area contributed by atoms with Crippen LogP contribution in [0.15, 0.2) is 0 Å². The molecule has 0 bridgehead atoms. The van der Waals surface area contributed by atoms with Gasteiger partial charge in [-0.25, -0.2) is 0 Å². The van der Waals surface area contributed by atoms with E-state index in [1.54, 1.807) is 0 Å². The second-order valence-corrected chi connectivity index (χ2v) is 5.11. The standard InChI is InChI=1S/C16H29NO5/c1-2-7-19-9-11-21-13-14-22-12-10-20-8-6-17-5-3-4-16(17)15-18/h1,16,18H,3-15H2/t16-/m0/s1. The maximum atomic E-state index is 9.21. The summed E-state index contributed by atoms with van der Waals surface area (Å²) >= 11 is 0. The van der Waals surface area contributed by atoms with E-state index in [1.165, 1.54) is 6.42 Å². The van der Waals surface area contributed by atoms with Gasteiger partial charge in [-0.15, -0.1) is 6.42 Å². The van der Waals surface area contributed by atoms with Crippen LogP contribution in [0.3, 0.4) is 0 Å². The van der Waals surface area contributed by atoms with Crippen LogP contribution < -0.4 is 0 Å². The number of hydrogen-bond acceptors (Lipinski definition) is 6. The molecule has 0 unspecified atom stereocenters. The molecule has 1 N–H and O–H groups in total. The van der Waals surface area contributed by atoms with Gasteiger partial charge < -0.3 is 24.1 Å². The Morgan fingerprint density at radius 3 is 2.14 bits per heavy atom. The fourth-order valence-electron chi connectivity index (χ4n) is 2.37. The van der Waals surface area contributed by atoms with Crippen LogP contribution in [0.25, 0.3) is 0 Å². The van der Waals surface area contributed by atoms with Gasteiger partial charge in [0.05, 0.1) is 52.9 Å². The van der Waals surface area contributed by atoms with E-state index < -0.39 is 0 Å². The predicted molar refractivity (Wildman–Crippen MR) is 83.8 cm³/mol. The Kier molecular flexibility index (Phi) is 12.3. The second-order valence-electron chi connectivity index (χ2n) is 5.11. The molecule has 1 aliphatic rings. The van der Waals surface area contributed by atoms with Gasteiger partial charge in [0.15, 0.2) is 0 Å². The van der Waals surface area contributed by atoms with Gasteiger partial charge in [-0.05, 0) is 19.4 Å². The third-order valence-corrected chi connectivity index (χ3v) is 3.53. The maximum Gasteiger partial charge on any atom is 0.107 e. The SMILES string of the molecule is C#CCOCCOCCOCCOCCN1CCC[C@H]1CO. The summed E-state index contributed by atoms with van der Waals surface area (Å²) in [4.78, 5) is 2.29. The molecule has 0 spiro atoms. The van der Waals surface area contributed by atoms with E-state index in [2.05, 4.69) is 10.8 Å². The number of likely N-dealkylation sites (tertiary alicyclic amines) is 1. The van der Waals surface area contributed by atoms with Crippen LogP contribution in [0.4, 0.5) is 0 Å². The van der Waals surface area contributed by atoms with Crippen molar-refractivity contribution in [2.75, 3.05) is 72.6 Å². The molecule has 0 radical (unpaired) electrons. The first-order valence-corrected chi connectivity index (χ1v) is 7.98. The monoisotopic (exact) mass is 315 g/mol. The smallest absolute Gasteiger partial charge is 0.107 e. The summed E-state index contributed by atoms with van der Waals surface area (Å²) in [7, 11) is 0. The topological polar surface area (TPSA) is 60.4 Å². The summed E-state index contributed by atoms with van der Waals surface area (Å²) in [5.74, 6) is 2.39. The molecule has 128 valence electrons.